The number of fused-ring (bicyclic) bond motifs is 2. The maximum absolute atomic E-state index is 9.44. The first kappa shape index (κ1) is 20.6. The van der Waals surface area contributed by atoms with Gasteiger partial charge in [-0.25, -0.2) is 15.0 Å². The molecule has 5 heterocycles. The van der Waals surface area contributed by atoms with Gasteiger partial charge in [-0.15, -0.1) is 0 Å². The van der Waals surface area contributed by atoms with Crippen molar-refractivity contribution in [3.63, 3.8) is 0 Å². The molecule has 2 unspecified atom stereocenters. The van der Waals surface area contributed by atoms with Crippen LogP contribution in [0, 0.1) is 22.7 Å². The van der Waals surface area contributed by atoms with Crippen LogP contribution < -0.4 is 10.2 Å². The Balaban J connectivity index is 1.34. The van der Waals surface area contributed by atoms with Crippen LogP contribution in [-0.4, -0.2) is 54.8 Å². The van der Waals surface area contributed by atoms with Gasteiger partial charge in [-0.05, 0) is 24.5 Å². The molecule has 10 heteroatoms. The van der Waals surface area contributed by atoms with Gasteiger partial charge in [0, 0.05) is 73.5 Å². The molecule has 0 radical (unpaired) electrons. The fraction of sp³-hybridized carbons (Fsp3) is 0.304. The van der Waals surface area contributed by atoms with Gasteiger partial charge >= 0.3 is 0 Å². The number of nitrogens with one attached hydrogen (secondary N) is 3. The quantitative estimate of drug-likeness (QED) is 0.376. The van der Waals surface area contributed by atoms with Gasteiger partial charge in [-0.2, -0.15) is 10.2 Å². The number of hydrogen-bond acceptors (Lipinski definition) is 8. The second-order valence-corrected chi connectivity index (χ2v) is 8.21. The summed E-state index contributed by atoms with van der Waals surface area (Å²) in [5, 5.41) is 22.6. The highest BCUT2D eigenvalue weighted by atomic mass is 15.3. The molecule has 166 valence electrons. The number of aromatic amines is 1. The van der Waals surface area contributed by atoms with E-state index in [9.17, 15) is 5.26 Å². The van der Waals surface area contributed by atoms with Crippen molar-refractivity contribution in [3.8, 4) is 6.07 Å². The third kappa shape index (κ3) is 3.89. The summed E-state index contributed by atoms with van der Waals surface area (Å²) >= 11 is 0. The zero-order chi connectivity index (χ0) is 22.8. The Morgan fingerprint density at radius 3 is 3.15 bits per heavy atom. The summed E-state index contributed by atoms with van der Waals surface area (Å²) in [6.45, 7) is 1.60. The zero-order valence-electron chi connectivity index (χ0n) is 18.2. The summed E-state index contributed by atoms with van der Waals surface area (Å²) in [7, 11) is 1.98. The molecule has 10 nitrogen and oxygen atoms in total. The Hall–Kier alpha value is -4.26. The third-order valence-electron chi connectivity index (χ3n) is 6.22. The Bertz CT molecular complexity index is 1370. The molecule has 0 spiro atoms. The number of H-pyrrole nitrogens is 1. The maximum Gasteiger partial charge on any atom is 0.227 e. The molecule has 0 aromatic carbocycles. The van der Waals surface area contributed by atoms with E-state index in [1.54, 1.807) is 12.4 Å². The van der Waals surface area contributed by atoms with E-state index in [2.05, 4.69) is 36.2 Å². The fourth-order valence-electron chi connectivity index (χ4n) is 4.42. The molecule has 33 heavy (non-hydrogen) atoms. The van der Waals surface area contributed by atoms with E-state index in [0.717, 1.165) is 41.6 Å². The van der Waals surface area contributed by atoms with E-state index in [-0.39, 0.29) is 12.0 Å². The van der Waals surface area contributed by atoms with Crippen LogP contribution in [0.4, 0.5) is 5.95 Å². The van der Waals surface area contributed by atoms with Gasteiger partial charge < -0.3 is 25.2 Å². The van der Waals surface area contributed by atoms with Crippen molar-refractivity contribution in [1.82, 2.24) is 34.8 Å². The van der Waals surface area contributed by atoms with Crippen LogP contribution in [0.3, 0.4) is 0 Å². The van der Waals surface area contributed by atoms with Crippen molar-refractivity contribution in [3.05, 3.63) is 48.9 Å². The molecule has 1 aliphatic heterocycles. The Morgan fingerprint density at radius 1 is 1.39 bits per heavy atom. The number of nitrogens with zero attached hydrogens (tertiary/aromatic N) is 7. The highest BCUT2D eigenvalue weighted by molar-refractivity contribution is 6.11. The number of aryl methyl sites for hydroxylation is 1. The van der Waals surface area contributed by atoms with Gasteiger partial charge in [0.05, 0.1) is 18.2 Å². The largest absolute Gasteiger partial charge is 0.386 e. The van der Waals surface area contributed by atoms with Crippen LogP contribution in [0.15, 0.2) is 43.3 Å². The number of anilines is 1. The van der Waals surface area contributed by atoms with Gasteiger partial charge in [0.25, 0.3) is 0 Å². The van der Waals surface area contributed by atoms with Gasteiger partial charge in [0.2, 0.25) is 5.95 Å². The first-order chi connectivity index (χ1) is 16.2. The van der Waals surface area contributed by atoms with Crippen LogP contribution in [0.1, 0.15) is 18.5 Å². The lowest BCUT2D eigenvalue weighted by molar-refractivity contribution is 0.418. The molecule has 0 amide bonds. The molecule has 0 bridgehead atoms. The summed E-state index contributed by atoms with van der Waals surface area (Å²) in [5.41, 5.74) is 2.95. The summed E-state index contributed by atoms with van der Waals surface area (Å²) < 4.78 is 1.99. The zero-order valence-corrected chi connectivity index (χ0v) is 18.2. The summed E-state index contributed by atoms with van der Waals surface area (Å²) in [6.07, 6.45) is 11.5. The van der Waals surface area contributed by atoms with Crippen LogP contribution in [-0.2, 0) is 7.05 Å². The van der Waals surface area contributed by atoms with Gasteiger partial charge in [-0.3, -0.25) is 0 Å². The van der Waals surface area contributed by atoms with Crippen LogP contribution in [0.5, 0.6) is 0 Å². The Labute approximate surface area is 190 Å². The molecule has 1 fully saturated rings. The molecule has 3 N–H and O–H groups in total. The summed E-state index contributed by atoms with van der Waals surface area (Å²) in [4.78, 5) is 23.1. The maximum atomic E-state index is 9.44. The summed E-state index contributed by atoms with van der Waals surface area (Å²) in [5.74, 6) is 0.965. The van der Waals surface area contributed by atoms with Crippen LogP contribution in [0.2, 0.25) is 0 Å². The minimum atomic E-state index is -0.0581. The average Bonchev–Trinajstić information content (AvgIpc) is 3.59. The first-order valence-electron chi connectivity index (χ1n) is 10.8. The van der Waals surface area contributed by atoms with E-state index >= 15 is 0 Å². The predicted octanol–water partition coefficient (Wildman–Crippen LogP) is 2.63. The number of allylic oxidation sites excluding steroid dienone is 1. The molecular weight excluding hydrogens is 416 g/mol. The molecule has 1 aliphatic rings. The van der Waals surface area contributed by atoms with E-state index in [0.29, 0.717) is 23.6 Å². The fourth-order valence-corrected chi connectivity index (χ4v) is 4.42. The van der Waals surface area contributed by atoms with E-state index in [1.165, 1.54) is 12.5 Å². The van der Waals surface area contributed by atoms with E-state index in [4.69, 9.17) is 10.4 Å². The molecular formula is C23H24N10. The SMILES string of the molecule is Cn1ccc2cnc(N3CCC(C(CC#N)N/C=C(\C=N)c4ncnc5[nH]ccc45)C3)nc21. The molecule has 2 atom stereocenters. The second kappa shape index (κ2) is 8.70. The number of rotatable bonds is 7. The Morgan fingerprint density at radius 2 is 2.30 bits per heavy atom. The van der Waals surface area contributed by atoms with Crippen molar-refractivity contribution in [1.29, 1.82) is 10.7 Å². The van der Waals surface area contributed by atoms with Crippen LogP contribution in [0.25, 0.3) is 27.6 Å². The van der Waals surface area contributed by atoms with Crippen molar-refractivity contribution in [2.45, 2.75) is 18.9 Å². The topological polar surface area (TPSA) is 135 Å². The van der Waals surface area contributed by atoms with E-state index in [1.807, 2.05) is 36.1 Å². The van der Waals surface area contributed by atoms with Gasteiger partial charge in [0.15, 0.2) is 0 Å². The minimum Gasteiger partial charge on any atom is -0.386 e. The number of nitriles is 1. The lowest BCUT2D eigenvalue weighted by atomic mass is 9.96. The van der Waals surface area contributed by atoms with Gasteiger partial charge in [-0.1, -0.05) is 0 Å². The molecule has 4 aromatic heterocycles. The average molecular weight is 441 g/mol. The lowest BCUT2D eigenvalue weighted by Crippen LogP contribution is -2.35. The highest BCUT2D eigenvalue weighted by Crippen LogP contribution is 2.26. The van der Waals surface area contributed by atoms with Crippen molar-refractivity contribution in [2.75, 3.05) is 18.0 Å². The van der Waals surface area contributed by atoms with Crippen molar-refractivity contribution < 1.29 is 0 Å². The smallest absolute Gasteiger partial charge is 0.227 e. The van der Waals surface area contributed by atoms with Crippen LogP contribution >= 0.6 is 0 Å². The Kier molecular flexibility index (Phi) is 5.44. The third-order valence-corrected chi connectivity index (χ3v) is 6.22. The first-order valence-corrected chi connectivity index (χ1v) is 10.8. The predicted molar refractivity (Wildman–Crippen MR) is 127 cm³/mol. The number of hydrogen-bond donors (Lipinski definition) is 3. The van der Waals surface area contributed by atoms with Crippen molar-refractivity contribution in [2.24, 2.45) is 13.0 Å². The summed E-state index contributed by atoms with van der Waals surface area (Å²) in [6, 6.07) is 6.14. The standard InChI is InChI=1S/C23H24N10/c1-32-8-4-15-11-28-23(31-22(15)32)33-9-5-16(13-33)19(2-6-24)27-12-17(10-25)20-18-3-7-26-21(18)30-14-29-20/h3-4,7-8,10-12,14,16,19,25,27H,2,5,9,13H2,1H3,(H,26,29,30)/b17-12+,25-10?. The minimum absolute atomic E-state index is 0.0581. The molecule has 5 rings (SSSR count). The molecule has 0 aliphatic carbocycles. The normalized spacial score (nSPS) is 17.4. The molecule has 1 saturated heterocycles. The van der Waals surface area contributed by atoms with Gasteiger partial charge in [0.1, 0.15) is 17.6 Å². The van der Waals surface area contributed by atoms with Crippen molar-refractivity contribution >= 4 is 39.8 Å². The molecule has 0 saturated carbocycles. The molecule has 4 aromatic rings. The lowest BCUT2D eigenvalue weighted by Gasteiger charge is -2.23. The second-order valence-electron chi connectivity index (χ2n) is 8.21. The monoisotopic (exact) mass is 440 g/mol. The van der Waals surface area contributed by atoms with E-state index < -0.39 is 0 Å². The number of aromatic nitrogens is 6. The highest BCUT2D eigenvalue weighted by Gasteiger charge is 2.30.